The van der Waals surface area contributed by atoms with Gasteiger partial charge in [-0.25, -0.2) is 4.98 Å². The highest BCUT2D eigenvalue weighted by molar-refractivity contribution is 6.31. The Balaban J connectivity index is 2.33. The van der Waals surface area contributed by atoms with Crippen molar-refractivity contribution < 1.29 is 5.11 Å². The molecular weight excluding hydrogens is 274 g/mol. The van der Waals surface area contributed by atoms with E-state index in [0.29, 0.717) is 22.1 Å². The highest BCUT2D eigenvalue weighted by Gasteiger charge is 2.15. The van der Waals surface area contributed by atoms with Gasteiger partial charge in [-0.2, -0.15) is 0 Å². The maximum Gasteiger partial charge on any atom is 0.149 e. The topological polar surface area (TPSA) is 64.1 Å². The van der Waals surface area contributed by atoms with E-state index in [1.807, 2.05) is 29.7 Å². The number of aryl methyl sites for hydroxylation is 1. The number of anilines is 1. The van der Waals surface area contributed by atoms with E-state index >= 15 is 0 Å². The second kappa shape index (κ2) is 4.72. The zero-order valence-electron chi connectivity index (χ0n) is 11.0. The van der Waals surface area contributed by atoms with Crippen molar-refractivity contribution in [1.29, 1.82) is 0 Å². The van der Waals surface area contributed by atoms with Gasteiger partial charge < -0.3 is 15.4 Å². The van der Waals surface area contributed by atoms with E-state index in [-0.39, 0.29) is 5.75 Å². The Bertz CT molecular complexity index is 795. The Hall–Kier alpha value is -2.20. The number of nitrogens with two attached hydrogens (primary N) is 1. The average molecular weight is 288 g/mol. The number of phenols is 1. The summed E-state index contributed by atoms with van der Waals surface area (Å²) in [6.07, 6.45) is 0. The van der Waals surface area contributed by atoms with Gasteiger partial charge in [-0.3, -0.25) is 0 Å². The average Bonchev–Trinajstić information content (AvgIpc) is 2.79. The van der Waals surface area contributed by atoms with Crippen molar-refractivity contribution in [3.8, 4) is 17.1 Å². The van der Waals surface area contributed by atoms with Crippen molar-refractivity contribution in [3.05, 3.63) is 41.4 Å². The lowest BCUT2D eigenvalue weighted by Crippen LogP contribution is -1.98. The molecule has 0 bridgehead atoms. The molecule has 0 aliphatic carbocycles. The van der Waals surface area contributed by atoms with E-state index in [4.69, 9.17) is 17.3 Å². The minimum Gasteiger partial charge on any atom is -0.505 e. The van der Waals surface area contributed by atoms with E-state index < -0.39 is 0 Å². The zero-order valence-corrected chi connectivity index (χ0v) is 11.7. The lowest BCUT2D eigenvalue weighted by Gasteiger charge is -2.09. The first-order valence-corrected chi connectivity index (χ1v) is 6.73. The van der Waals surface area contributed by atoms with Crippen LogP contribution in [0.25, 0.3) is 22.4 Å². The lowest BCUT2D eigenvalue weighted by atomic mass is 10.1. The molecule has 0 radical (unpaired) electrons. The molecule has 0 atom stereocenters. The number of imidazole rings is 1. The number of hydrogen-bond donors (Lipinski definition) is 2. The number of aromatic hydroxyl groups is 1. The van der Waals surface area contributed by atoms with Crippen LogP contribution < -0.4 is 5.73 Å². The van der Waals surface area contributed by atoms with Crippen LogP contribution in [0, 0.1) is 0 Å². The molecule has 1 aromatic heterocycles. The number of aromatic nitrogens is 2. The molecule has 3 rings (SSSR count). The van der Waals surface area contributed by atoms with Gasteiger partial charge in [-0.15, -0.1) is 0 Å². The maximum absolute atomic E-state index is 10.1. The van der Waals surface area contributed by atoms with Gasteiger partial charge in [-0.05, 0) is 37.3 Å². The minimum absolute atomic E-state index is 0.0589. The Morgan fingerprint density at radius 3 is 2.85 bits per heavy atom. The molecule has 2 aromatic carbocycles. The smallest absolute Gasteiger partial charge is 0.149 e. The monoisotopic (exact) mass is 287 g/mol. The van der Waals surface area contributed by atoms with E-state index in [1.54, 1.807) is 18.2 Å². The summed E-state index contributed by atoms with van der Waals surface area (Å²) in [5, 5.41) is 10.8. The third kappa shape index (κ3) is 1.89. The number of fused-ring (bicyclic) bond motifs is 1. The van der Waals surface area contributed by atoms with E-state index in [9.17, 15) is 5.11 Å². The van der Waals surface area contributed by atoms with Gasteiger partial charge in [0.15, 0.2) is 0 Å². The number of para-hydroxylation sites is 1. The zero-order chi connectivity index (χ0) is 14.3. The molecule has 0 aliphatic rings. The van der Waals surface area contributed by atoms with E-state index in [0.717, 1.165) is 17.6 Å². The highest BCUT2D eigenvalue weighted by Crippen LogP contribution is 2.35. The van der Waals surface area contributed by atoms with Crippen LogP contribution in [0.4, 0.5) is 5.69 Å². The first kappa shape index (κ1) is 12.8. The van der Waals surface area contributed by atoms with E-state index in [1.165, 1.54) is 0 Å². The van der Waals surface area contributed by atoms with Crippen LogP contribution in [0.3, 0.4) is 0 Å². The molecular formula is C15H14ClN3O. The maximum atomic E-state index is 10.1. The third-order valence-corrected chi connectivity index (χ3v) is 3.57. The number of phenolic OH excluding ortho intramolecular Hbond substituents is 1. The fraction of sp³-hybridized carbons (Fsp3) is 0.133. The summed E-state index contributed by atoms with van der Waals surface area (Å²) in [4.78, 5) is 4.58. The van der Waals surface area contributed by atoms with E-state index in [2.05, 4.69) is 4.98 Å². The van der Waals surface area contributed by atoms with Gasteiger partial charge in [-0.1, -0.05) is 17.7 Å². The molecule has 4 nitrogen and oxygen atoms in total. The van der Waals surface area contributed by atoms with Crippen molar-refractivity contribution >= 4 is 28.3 Å². The first-order chi connectivity index (χ1) is 9.61. The van der Waals surface area contributed by atoms with Crippen LogP contribution in [0.2, 0.25) is 5.02 Å². The molecule has 0 saturated heterocycles. The van der Waals surface area contributed by atoms with Crippen molar-refractivity contribution in [2.24, 2.45) is 0 Å². The SMILES string of the molecule is CCn1c(-c2cccc(N)c2O)nc2cc(Cl)ccc21. The fourth-order valence-corrected chi connectivity index (χ4v) is 2.54. The number of nitrogen functional groups attached to an aromatic ring is 1. The van der Waals surface area contributed by atoms with Crippen LogP contribution in [-0.2, 0) is 6.54 Å². The van der Waals surface area contributed by atoms with Crippen molar-refractivity contribution in [1.82, 2.24) is 9.55 Å². The minimum atomic E-state index is 0.0589. The van der Waals surface area contributed by atoms with Crippen molar-refractivity contribution in [3.63, 3.8) is 0 Å². The number of halogens is 1. The first-order valence-electron chi connectivity index (χ1n) is 6.35. The Labute approximate surface area is 121 Å². The van der Waals surface area contributed by atoms with Gasteiger partial charge in [0.25, 0.3) is 0 Å². The molecule has 20 heavy (non-hydrogen) atoms. The number of hydrogen-bond acceptors (Lipinski definition) is 3. The van der Waals surface area contributed by atoms with Crippen molar-refractivity contribution in [2.45, 2.75) is 13.5 Å². The Kier molecular flexibility index (Phi) is 3.03. The third-order valence-electron chi connectivity index (χ3n) is 3.33. The molecule has 0 unspecified atom stereocenters. The second-order valence-corrected chi connectivity index (χ2v) is 4.99. The molecule has 1 heterocycles. The van der Waals surface area contributed by atoms with Crippen LogP contribution in [0.1, 0.15) is 6.92 Å². The molecule has 0 spiro atoms. The summed E-state index contributed by atoms with van der Waals surface area (Å²) < 4.78 is 2.03. The van der Waals surface area contributed by atoms with Crippen LogP contribution >= 0.6 is 11.6 Å². The molecule has 0 saturated carbocycles. The second-order valence-electron chi connectivity index (χ2n) is 4.56. The number of nitrogens with zero attached hydrogens (tertiary/aromatic N) is 2. The lowest BCUT2D eigenvalue weighted by molar-refractivity contribution is 0.479. The quantitative estimate of drug-likeness (QED) is 0.558. The molecule has 0 fully saturated rings. The predicted molar refractivity (Wildman–Crippen MR) is 81.9 cm³/mol. The van der Waals surface area contributed by atoms with Gasteiger partial charge >= 0.3 is 0 Å². The van der Waals surface area contributed by atoms with Gasteiger partial charge in [0.2, 0.25) is 0 Å². The largest absolute Gasteiger partial charge is 0.505 e. The Morgan fingerprint density at radius 2 is 2.10 bits per heavy atom. The van der Waals surface area contributed by atoms with Gasteiger partial charge in [0.1, 0.15) is 11.6 Å². The van der Waals surface area contributed by atoms with Crippen molar-refractivity contribution in [2.75, 3.05) is 5.73 Å². The van der Waals surface area contributed by atoms with Crippen LogP contribution in [0.15, 0.2) is 36.4 Å². The molecule has 0 aliphatic heterocycles. The highest BCUT2D eigenvalue weighted by atomic mass is 35.5. The summed E-state index contributed by atoms with van der Waals surface area (Å²) in [6.45, 7) is 2.77. The standard InChI is InChI=1S/C15H14ClN3O/c1-2-19-13-7-6-9(16)8-12(13)18-15(19)10-4-3-5-11(17)14(10)20/h3-8,20H,2,17H2,1H3. The van der Waals surface area contributed by atoms with Gasteiger partial charge in [0.05, 0.1) is 22.3 Å². The molecule has 3 aromatic rings. The number of rotatable bonds is 2. The molecule has 0 amide bonds. The predicted octanol–water partition coefficient (Wildman–Crippen LogP) is 3.66. The summed E-state index contributed by atoms with van der Waals surface area (Å²) in [7, 11) is 0. The fourth-order valence-electron chi connectivity index (χ4n) is 2.37. The molecule has 3 N–H and O–H groups in total. The molecule has 102 valence electrons. The summed E-state index contributed by atoms with van der Waals surface area (Å²) in [6, 6.07) is 10.9. The summed E-state index contributed by atoms with van der Waals surface area (Å²) >= 11 is 6.01. The summed E-state index contributed by atoms with van der Waals surface area (Å²) in [5.41, 5.74) is 8.51. The Morgan fingerprint density at radius 1 is 1.30 bits per heavy atom. The number of benzene rings is 2. The summed E-state index contributed by atoms with van der Waals surface area (Å²) in [5.74, 6) is 0.748. The van der Waals surface area contributed by atoms with Crippen LogP contribution in [-0.4, -0.2) is 14.7 Å². The molecule has 5 heteroatoms. The van der Waals surface area contributed by atoms with Crippen LogP contribution in [0.5, 0.6) is 5.75 Å². The van der Waals surface area contributed by atoms with Gasteiger partial charge in [0, 0.05) is 11.6 Å². The normalized spacial score (nSPS) is 11.1.